The summed E-state index contributed by atoms with van der Waals surface area (Å²) in [6.07, 6.45) is 5.12. The van der Waals surface area contributed by atoms with Crippen LogP contribution in [0.5, 0.6) is 6.01 Å². The van der Waals surface area contributed by atoms with E-state index in [0.29, 0.717) is 56.7 Å². The fourth-order valence-corrected chi connectivity index (χ4v) is 5.01. The molecule has 4 aromatic rings. The smallest absolute Gasteiger partial charge is 0.421 e. The summed E-state index contributed by atoms with van der Waals surface area (Å²) in [7, 11) is 1.48. The van der Waals surface area contributed by atoms with Crippen LogP contribution in [0.3, 0.4) is 0 Å². The highest BCUT2D eigenvalue weighted by Gasteiger charge is 2.36. The quantitative estimate of drug-likeness (QED) is 0.141. The molecule has 3 N–H and O–H groups in total. The molecule has 3 aromatic heterocycles. The lowest BCUT2D eigenvalue weighted by Crippen LogP contribution is -2.47. The van der Waals surface area contributed by atoms with Gasteiger partial charge in [0.05, 0.1) is 26.4 Å². The second-order valence-electron chi connectivity index (χ2n) is 11.1. The van der Waals surface area contributed by atoms with Gasteiger partial charge in [0.1, 0.15) is 11.4 Å². The maximum Gasteiger partial charge on any atom is 0.421 e. The zero-order valence-electron chi connectivity index (χ0n) is 26.6. The topological polar surface area (TPSA) is 152 Å². The van der Waals surface area contributed by atoms with Crippen molar-refractivity contribution in [2.45, 2.75) is 57.4 Å². The predicted molar refractivity (Wildman–Crippen MR) is 172 cm³/mol. The van der Waals surface area contributed by atoms with E-state index in [2.05, 4.69) is 45.9 Å². The summed E-state index contributed by atoms with van der Waals surface area (Å²) >= 11 is 0. The van der Waals surface area contributed by atoms with Crippen molar-refractivity contribution in [2.75, 3.05) is 42.4 Å². The van der Waals surface area contributed by atoms with E-state index in [1.807, 2.05) is 37.3 Å². The molecule has 16 heteroatoms. The Morgan fingerprint density at radius 2 is 1.69 bits per heavy atom. The van der Waals surface area contributed by atoms with Gasteiger partial charge in [-0.05, 0) is 24.8 Å². The zero-order valence-corrected chi connectivity index (χ0v) is 26.6. The number of anilines is 3. The minimum atomic E-state index is -4.61. The molecule has 0 spiro atoms. The molecule has 0 saturated carbocycles. The number of halogens is 3. The van der Waals surface area contributed by atoms with Crippen LogP contribution < -0.4 is 25.6 Å². The van der Waals surface area contributed by atoms with Gasteiger partial charge >= 0.3 is 18.2 Å². The van der Waals surface area contributed by atoms with E-state index < -0.39 is 11.7 Å². The summed E-state index contributed by atoms with van der Waals surface area (Å²) in [6.45, 7) is 3.30. The van der Waals surface area contributed by atoms with E-state index in [1.165, 1.54) is 7.11 Å². The summed E-state index contributed by atoms with van der Waals surface area (Å²) in [5.74, 6) is 0.00353. The van der Waals surface area contributed by atoms with Crippen molar-refractivity contribution >= 4 is 23.7 Å². The summed E-state index contributed by atoms with van der Waals surface area (Å²) in [4.78, 5) is 40.7. The number of carbonyl (C=O) groups is 1. The third-order valence-electron chi connectivity index (χ3n) is 7.56. The maximum atomic E-state index is 13.7. The molecule has 1 aliphatic heterocycles. The number of nitrogens with zero attached hydrogens (tertiary/aromatic N) is 7. The lowest BCUT2D eigenvalue weighted by Gasteiger charge is -2.30. The highest BCUT2D eigenvalue weighted by Crippen LogP contribution is 2.34. The SMILES string of the molecule is CCC[C@@H](CCCNc1ncc(C(F)(F)F)c(NC2COC2)n1)N(C(=O)NCc1ccccc1)c1ncc(-c2cnc(OC)nc2)cn1. The highest BCUT2D eigenvalue weighted by atomic mass is 19.4. The molecule has 1 fully saturated rings. The Kier molecular flexibility index (Phi) is 11.5. The van der Waals surface area contributed by atoms with Crippen molar-refractivity contribution in [1.82, 2.24) is 35.2 Å². The van der Waals surface area contributed by atoms with Gasteiger partial charge in [0.2, 0.25) is 11.9 Å². The van der Waals surface area contributed by atoms with Crippen LogP contribution in [0.1, 0.15) is 43.7 Å². The standard InChI is InChI=1S/C32H37F3N10O3/c1-3-8-25(11-7-12-36-28-37-18-26(32(33,34)35)27(44-28)43-24-19-48-20-24)45(31(46)42-13-21-9-5-4-6-10-21)29-38-14-22(15-39-29)23-16-40-30(47-2)41-17-23/h4-6,9-10,14-18,24-25H,3,7-8,11-13,19-20H2,1-2H3,(H,42,46)(H2,36,37,43,44)/t25-/m0/s1. The third-order valence-corrected chi connectivity index (χ3v) is 7.56. The van der Waals surface area contributed by atoms with Gasteiger partial charge in [0.15, 0.2) is 0 Å². The van der Waals surface area contributed by atoms with E-state index in [1.54, 1.807) is 29.7 Å². The summed E-state index contributed by atoms with van der Waals surface area (Å²) < 4.78 is 50.8. The molecule has 1 atom stereocenters. The number of hydrogen-bond acceptors (Lipinski definition) is 11. The number of aromatic nitrogens is 6. The number of ether oxygens (including phenoxy) is 2. The largest absolute Gasteiger partial charge is 0.467 e. The van der Waals surface area contributed by atoms with Crippen LogP contribution in [-0.2, 0) is 17.5 Å². The van der Waals surface area contributed by atoms with Crippen LogP contribution in [-0.4, -0.2) is 74.9 Å². The minimum Gasteiger partial charge on any atom is -0.467 e. The van der Waals surface area contributed by atoms with E-state index in [-0.39, 0.29) is 41.8 Å². The van der Waals surface area contributed by atoms with Crippen molar-refractivity contribution < 1.29 is 27.4 Å². The molecule has 1 saturated heterocycles. The van der Waals surface area contributed by atoms with Crippen molar-refractivity contribution in [1.29, 1.82) is 0 Å². The lowest BCUT2D eigenvalue weighted by atomic mass is 10.0. The number of carbonyl (C=O) groups excluding carboxylic acids is 1. The van der Waals surface area contributed by atoms with Crippen LogP contribution in [0.4, 0.5) is 35.7 Å². The molecule has 0 bridgehead atoms. The van der Waals surface area contributed by atoms with Gasteiger partial charge in [-0.1, -0.05) is 43.7 Å². The molecule has 0 unspecified atom stereocenters. The van der Waals surface area contributed by atoms with Gasteiger partial charge in [-0.15, -0.1) is 0 Å². The predicted octanol–water partition coefficient (Wildman–Crippen LogP) is 5.34. The lowest BCUT2D eigenvalue weighted by molar-refractivity contribution is -0.137. The molecule has 1 aromatic carbocycles. The Bertz CT molecular complexity index is 1610. The molecule has 13 nitrogen and oxygen atoms in total. The van der Waals surface area contributed by atoms with Gasteiger partial charge in [-0.3, -0.25) is 4.90 Å². The molecular weight excluding hydrogens is 629 g/mol. The minimum absolute atomic E-state index is 0.0664. The van der Waals surface area contributed by atoms with Crippen molar-refractivity contribution in [2.24, 2.45) is 0 Å². The second-order valence-corrected chi connectivity index (χ2v) is 11.1. The van der Waals surface area contributed by atoms with Gasteiger partial charge in [0, 0.05) is 61.2 Å². The van der Waals surface area contributed by atoms with Crippen LogP contribution >= 0.6 is 0 Å². The van der Waals surface area contributed by atoms with E-state index in [4.69, 9.17) is 9.47 Å². The number of urea groups is 1. The number of methoxy groups -OCH3 is 1. The molecular formula is C32H37F3N10O3. The normalized spacial score (nSPS) is 13.7. The first-order chi connectivity index (χ1) is 23.2. The molecule has 1 aliphatic rings. The average Bonchev–Trinajstić information content (AvgIpc) is 3.08. The second kappa shape index (κ2) is 16.1. The number of hydrogen-bond donors (Lipinski definition) is 3. The van der Waals surface area contributed by atoms with Gasteiger partial charge in [-0.25, -0.2) is 29.7 Å². The van der Waals surface area contributed by atoms with Crippen molar-refractivity contribution in [3.63, 3.8) is 0 Å². The first kappa shape index (κ1) is 34.2. The number of amides is 2. The Hall–Kier alpha value is -5.12. The Labute approximate surface area is 275 Å². The summed E-state index contributed by atoms with van der Waals surface area (Å²) in [6, 6.07) is 8.90. The fourth-order valence-electron chi connectivity index (χ4n) is 5.01. The molecule has 0 radical (unpaired) electrons. The van der Waals surface area contributed by atoms with Crippen molar-refractivity contribution in [3.05, 3.63) is 72.4 Å². The van der Waals surface area contributed by atoms with Crippen molar-refractivity contribution in [3.8, 4) is 17.1 Å². The fraction of sp³-hybridized carbons (Fsp3) is 0.406. The summed E-state index contributed by atoms with van der Waals surface area (Å²) in [5.41, 5.74) is 1.35. The molecule has 254 valence electrons. The average molecular weight is 667 g/mol. The Balaban J connectivity index is 1.29. The number of rotatable bonds is 15. The van der Waals surface area contributed by atoms with Gasteiger partial charge in [0.25, 0.3) is 0 Å². The van der Waals surface area contributed by atoms with E-state index in [9.17, 15) is 18.0 Å². The third kappa shape index (κ3) is 9.02. The van der Waals surface area contributed by atoms with Gasteiger partial charge in [-0.2, -0.15) is 18.2 Å². The van der Waals surface area contributed by atoms with Crippen LogP contribution in [0.2, 0.25) is 0 Å². The number of nitrogens with one attached hydrogen (secondary N) is 3. The Morgan fingerprint density at radius 3 is 2.29 bits per heavy atom. The first-order valence-electron chi connectivity index (χ1n) is 15.6. The maximum absolute atomic E-state index is 13.7. The van der Waals surface area contributed by atoms with Crippen LogP contribution in [0.15, 0.2) is 61.3 Å². The molecule has 2 amide bonds. The van der Waals surface area contributed by atoms with E-state index >= 15 is 0 Å². The first-order valence-corrected chi connectivity index (χ1v) is 15.6. The summed E-state index contributed by atoms with van der Waals surface area (Å²) in [5, 5.41) is 8.81. The number of benzene rings is 1. The monoisotopic (exact) mass is 666 g/mol. The molecule has 4 heterocycles. The number of alkyl halides is 3. The van der Waals surface area contributed by atoms with E-state index in [0.717, 1.165) is 18.2 Å². The van der Waals surface area contributed by atoms with Gasteiger partial charge < -0.3 is 25.4 Å². The van der Waals surface area contributed by atoms with Crippen LogP contribution in [0.25, 0.3) is 11.1 Å². The zero-order chi connectivity index (χ0) is 33.9. The molecule has 5 rings (SSSR count). The highest BCUT2D eigenvalue weighted by molar-refractivity contribution is 5.90. The molecule has 0 aliphatic carbocycles. The molecule has 48 heavy (non-hydrogen) atoms. The Morgan fingerprint density at radius 1 is 1.00 bits per heavy atom. The van der Waals surface area contributed by atoms with Crippen LogP contribution in [0, 0.1) is 0 Å².